The zero-order chi connectivity index (χ0) is 13.8. The van der Waals surface area contributed by atoms with Crippen molar-refractivity contribution in [2.45, 2.75) is 13.5 Å². The average molecular weight is 280 g/mol. The fourth-order valence-corrected chi connectivity index (χ4v) is 1.55. The van der Waals surface area contributed by atoms with Crippen LogP contribution in [0.5, 0.6) is 0 Å². The van der Waals surface area contributed by atoms with Crippen LogP contribution in [0.1, 0.15) is 21.6 Å². The number of amides is 1. The topological polar surface area (TPSA) is 54.9 Å². The van der Waals surface area contributed by atoms with Gasteiger partial charge in [0.1, 0.15) is 16.7 Å². The molecule has 0 unspecified atom stereocenters. The van der Waals surface area contributed by atoms with Gasteiger partial charge in [0, 0.05) is 6.54 Å². The Bertz CT molecular complexity index is 601. The van der Waals surface area contributed by atoms with Crippen LogP contribution in [0.3, 0.4) is 0 Å². The number of hydrogen-bond donors (Lipinski definition) is 1. The molecule has 0 spiro atoms. The molecule has 2 aromatic rings. The molecule has 98 valence electrons. The Labute approximate surface area is 114 Å². The van der Waals surface area contributed by atoms with Gasteiger partial charge in [-0.15, -0.1) is 0 Å². The number of benzene rings is 1. The number of carbonyl (C=O) groups excluding carboxylic acids is 1. The van der Waals surface area contributed by atoms with Crippen LogP contribution in [-0.2, 0) is 6.54 Å². The zero-order valence-corrected chi connectivity index (χ0v) is 10.9. The summed E-state index contributed by atoms with van der Waals surface area (Å²) in [4.78, 5) is 19.3. The first-order chi connectivity index (χ1) is 9.06. The van der Waals surface area contributed by atoms with E-state index in [0.717, 1.165) is 0 Å². The SMILES string of the molecule is Cc1ccc(CNC(=O)c2cnc(Cl)cn2)cc1F. The van der Waals surface area contributed by atoms with E-state index in [2.05, 4.69) is 15.3 Å². The van der Waals surface area contributed by atoms with Gasteiger partial charge in [-0.1, -0.05) is 23.7 Å². The van der Waals surface area contributed by atoms with Crippen molar-refractivity contribution in [3.05, 3.63) is 58.4 Å². The third-order valence-electron chi connectivity index (χ3n) is 2.54. The Morgan fingerprint density at radius 1 is 1.37 bits per heavy atom. The Morgan fingerprint density at radius 2 is 2.16 bits per heavy atom. The van der Waals surface area contributed by atoms with E-state index in [9.17, 15) is 9.18 Å². The van der Waals surface area contributed by atoms with E-state index < -0.39 is 0 Å². The summed E-state index contributed by atoms with van der Waals surface area (Å²) in [5, 5.41) is 2.85. The largest absolute Gasteiger partial charge is 0.347 e. The van der Waals surface area contributed by atoms with Gasteiger partial charge in [0.15, 0.2) is 0 Å². The van der Waals surface area contributed by atoms with Crippen molar-refractivity contribution in [1.82, 2.24) is 15.3 Å². The van der Waals surface area contributed by atoms with Crippen LogP contribution < -0.4 is 5.32 Å². The number of nitrogens with one attached hydrogen (secondary N) is 1. The van der Waals surface area contributed by atoms with Gasteiger partial charge in [-0.2, -0.15) is 0 Å². The molecule has 6 heteroatoms. The van der Waals surface area contributed by atoms with Crippen molar-refractivity contribution in [2.75, 3.05) is 0 Å². The Morgan fingerprint density at radius 3 is 2.79 bits per heavy atom. The third-order valence-corrected chi connectivity index (χ3v) is 2.74. The summed E-state index contributed by atoms with van der Waals surface area (Å²) in [5.41, 5.74) is 1.41. The predicted molar refractivity (Wildman–Crippen MR) is 69.3 cm³/mol. The van der Waals surface area contributed by atoms with Crippen molar-refractivity contribution in [2.24, 2.45) is 0 Å². The first kappa shape index (κ1) is 13.4. The molecule has 0 aliphatic heterocycles. The van der Waals surface area contributed by atoms with E-state index in [4.69, 9.17) is 11.6 Å². The summed E-state index contributed by atoms with van der Waals surface area (Å²) < 4.78 is 13.3. The molecule has 1 amide bonds. The maximum absolute atomic E-state index is 13.3. The normalized spacial score (nSPS) is 10.3. The summed E-state index contributed by atoms with van der Waals surface area (Å²) in [6.07, 6.45) is 2.58. The Balaban J connectivity index is 2.00. The summed E-state index contributed by atoms with van der Waals surface area (Å²) >= 11 is 5.57. The zero-order valence-electron chi connectivity index (χ0n) is 10.2. The van der Waals surface area contributed by atoms with Crippen LogP contribution in [0.4, 0.5) is 4.39 Å². The maximum atomic E-state index is 13.3. The average Bonchev–Trinajstić information content (AvgIpc) is 2.40. The minimum atomic E-state index is -0.384. The van der Waals surface area contributed by atoms with E-state index >= 15 is 0 Å². The summed E-state index contributed by atoms with van der Waals surface area (Å²) in [6.45, 7) is 1.90. The fourth-order valence-electron chi connectivity index (χ4n) is 1.45. The van der Waals surface area contributed by atoms with Gasteiger partial charge in [-0.05, 0) is 24.1 Å². The highest BCUT2D eigenvalue weighted by atomic mass is 35.5. The van der Waals surface area contributed by atoms with Crippen LogP contribution in [0.25, 0.3) is 0 Å². The molecule has 0 saturated carbocycles. The van der Waals surface area contributed by atoms with Crippen molar-refractivity contribution in [3.63, 3.8) is 0 Å². The molecule has 0 atom stereocenters. The lowest BCUT2D eigenvalue weighted by atomic mass is 10.1. The highest BCUT2D eigenvalue weighted by Crippen LogP contribution is 2.09. The number of rotatable bonds is 3. The van der Waals surface area contributed by atoms with Gasteiger partial charge < -0.3 is 5.32 Å². The van der Waals surface area contributed by atoms with Gasteiger partial charge >= 0.3 is 0 Å². The van der Waals surface area contributed by atoms with Crippen LogP contribution in [0.2, 0.25) is 5.15 Å². The van der Waals surface area contributed by atoms with Crippen LogP contribution in [-0.4, -0.2) is 15.9 Å². The van der Waals surface area contributed by atoms with Crippen LogP contribution in [0, 0.1) is 12.7 Å². The first-order valence-corrected chi connectivity index (χ1v) is 5.95. The molecule has 0 aliphatic rings. The van der Waals surface area contributed by atoms with E-state index in [1.165, 1.54) is 18.5 Å². The monoisotopic (exact) mass is 279 g/mol. The Kier molecular flexibility index (Phi) is 4.06. The summed E-state index contributed by atoms with van der Waals surface area (Å²) in [5.74, 6) is -0.678. The molecule has 0 fully saturated rings. The molecular weight excluding hydrogens is 269 g/mol. The highest BCUT2D eigenvalue weighted by Gasteiger charge is 2.08. The number of hydrogen-bond acceptors (Lipinski definition) is 3. The second kappa shape index (κ2) is 5.75. The van der Waals surface area contributed by atoms with Crippen LogP contribution in [0.15, 0.2) is 30.6 Å². The number of aryl methyl sites for hydroxylation is 1. The molecule has 2 rings (SSSR count). The lowest BCUT2D eigenvalue weighted by molar-refractivity contribution is 0.0945. The van der Waals surface area contributed by atoms with Gasteiger partial charge in [-0.3, -0.25) is 4.79 Å². The van der Waals surface area contributed by atoms with Crippen molar-refractivity contribution < 1.29 is 9.18 Å². The second-order valence-electron chi connectivity index (χ2n) is 3.99. The highest BCUT2D eigenvalue weighted by molar-refractivity contribution is 6.29. The molecule has 0 bridgehead atoms. The number of carbonyl (C=O) groups is 1. The molecule has 1 N–H and O–H groups in total. The minimum Gasteiger partial charge on any atom is -0.347 e. The molecule has 19 heavy (non-hydrogen) atoms. The van der Waals surface area contributed by atoms with Crippen LogP contribution >= 0.6 is 11.6 Å². The van der Waals surface area contributed by atoms with E-state index in [-0.39, 0.29) is 29.1 Å². The summed E-state index contributed by atoms with van der Waals surface area (Å²) in [7, 11) is 0. The second-order valence-corrected chi connectivity index (χ2v) is 4.38. The van der Waals surface area contributed by atoms with E-state index in [1.807, 2.05) is 0 Å². The van der Waals surface area contributed by atoms with Crippen molar-refractivity contribution in [3.8, 4) is 0 Å². The molecule has 0 radical (unpaired) electrons. The first-order valence-electron chi connectivity index (χ1n) is 5.57. The van der Waals surface area contributed by atoms with Gasteiger partial charge in [0.25, 0.3) is 5.91 Å². The van der Waals surface area contributed by atoms with Gasteiger partial charge in [-0.25, -0.2) is 14.4 Å². The van der Waals surface area contributed by atoms with Crippen molar-refractivity contribution in [1.29, 1.82) is 0 Å². The quantitative estimate of drug-likeness (QED) is 0.939. The smallest absolute Gasteiger partial charge is 0.271 e. The lowest BCUT2D eigenvalue weighted by Crippen LogP contribution is -2.24. The molecule has 0 aliphatic carbocycles. The molecule has 1 aromatic carbocycles. The van der Waals surface area contributed by atoms with Gasteiger partial charge in [0.05, 0.1) is 12.4 Å². The minimum absolute atomic E-state index is 0.164. The molecular formula is C13H11ClFN3O. The lowest BCUT2D eigenvalue weighted by Gasteiger charge is -2.05. The van der Waals surface area contributed by atoms with Gasteiger partial charge in [0.2, 0.25) is 0 Å². The molecule has 1 heterocycles. The predicted octanol–water partition coefficient (Wildman–Crippen LogP) is 2.51. The fraction of sp³-hybridized carbons (Fsp3) is 0.154. The number of nitrogens with zero attached hydrogens (tertiary/aromatic N) is 2. The summed E-state index contributed by atoms with van der Waals surface area (Å²) in [6, 6.07) is 4.81. The van der Waals surface area contributed by atoms with Crippen molar-refractivity contribution >= 4 is 17.5 Å². The van der Waals surface area contributed by atoms with E-state index in [0.29, 0.717) is 11.1 Å². The molecule has 1 aromatic heterocycles. The number of halogens is 2. The Hall–Kier alpha value is -2.01. The number of aromatic nitrogens is 2. The van der Waals surface area contributed by atoms with E-state index in [1.54, 1.807) is 19.1 Å². The maximum Gasteiger partial charge on any atom is 0.271 e. The molecule has 0 saturated heterocycles. The third kappa shape index (κ3) is 3.48. The standard InChI is InChI=1S/C13H11ClFN3O/c1-8-2-3-9(4-10(8)15)5-18-13(19)11-6-17-12(14)7-16-11/h2-4,6-7H,5H2,1H3,(H,18,19). The molecule has 4 nitrogen and oxygen atoms in total.